The Morgan fingerprint density at radius 2 is 2.46 bits per heavy atom. The summed E-state index contributed by atoms with van der Waals surface area (Å²) in [5.41, 5.74) is 0.895. The van der Waals surface area contributed by atoms with Crippen LogP contribution in [0, 0.1) is 0 Å². The Kier molecular flexibility index (Phi) is 1.92. The summed E-state index contributed by atoms with van der Waals surface area (Å²) in [4.78, 5) is 17.1. The van der Waals surface area contributed by atoms with Crippen LogP contribution < -0.4 is 4.84 Å². The fourth-order valence-electron chi connectivity index (χ4n) is 1.35. The van der Waals surface area contributed by atoms with Crippen LogP contribution in [0.2, 0.25) is 0 Å². The maximum atomic E-state index is 10.6. The van der Waals surface area contributed by atoms with E-state index in [0.717, 1.165) is 25.0 Å². The predicted molar refractivity (Wildman–Crippen MR) is 43.6 cm³/mol. The maximum Gasteiger partial charge on any atom is 0.356 e. The third kappa shape index (κ3) is 1.49. The number of hydrogen-bond acceptors (Lipinski definition) is 3. The lowest BCUT2D eigenvalue weighted by Crippen LogP contribution is -2.14. The normalized spacial score (nSPS) is 15.7. The van der Waals surface area contributed by atoms with Crippen molar-refractivity contribution in [2.75, 3.05) is 6.61 Å². The highest BCUT2D eigenvalue weighted by atomic mass is 16.7. The molecule has 5 nitrogen and oxygen atoms in total. The van der Waals surface area contributed by atoms with Crippen molar-refractivity contribution in [1.29, 1.82) is 0 Å². The van der Waals surface area contributed by atoms with Gasteiger partial charge in [0.25, 0.3) is 0 Å². The van der Waals surface area contributed by atoms with Crippen molar-refractivity contribution in [2.24, 2.45) is 0 Å². The lowest BCUT2D eigenvalue weighted by atomic mass is 10.2. The Labute approximate surface area is 74.9 Å². The summed E-state index contributed by atoms with van der Waals surface area (Å²) in [5, 5.41) is 12.5. The quantitative estimate of drug-likeness (QED) is 0.680. The number of carboxylic acids is 1. The van der Waals surface area contributed by atoms with E-state index in [2.05, 4.69) is 5.10 Å². The Morgan fingerprint density at radius 1 is 1.62 bits per heavy atom. The minimum atomic E-state index is -1.01. The van der Waals surface area contributed by atoms with Gasteiger partial charge < -0.3 is 9.94 Å². The SMILES string of the molecule is O=C(O)c1cc2n(n1)OCCCC2. The average Bonchev–Trinajstić information content (AvgIpc) is 2.38. The first-order valence-electron chi connectivity index (χ1n) is 4.23. The average molecular weight is 182 g/mol. The molecule has 13 heavy (non-hydrogen) atoms. The van der Waals surface area contributed by atoms with Crippen LogP contribution in [-0.4, -0.2) is 27.6 Å². The second-order valence-corrected chi connectivity index (χ2v) is 2.99. The van der Waals surface area contributed by atoms with E-state index in [1.165, 1.54) is 4.85 Å². The number of aromatic nitrogens is 2. The summed E-state index contributed by atoms with van der Waals surface area (Å²) in [6, 6.07) is 1.56. The van der Waals surface area contributed by atoms with E-state index in [1.54, 1.807) is 6.07 Å². The summed E-state index contributed by atoms with van der Waals surface area (Å²) >= 11 is 0. The molecule has 0 aromatic carbocycles. The first kappa shape index (κ1) is 8.10. The fourth-order valence-corrected chi connectivity index (χ4v) is 1.35. The molecule has 1 aliphatic rings. The summed E-state index contributed by atoms with van der Waals surface area (Å²) in [5.74, 6) is -1.01. The van der Waals surface area contributed by atoms with Gasteiger partial charge in [-0.15, -0.1) is 9.94 Å². The van der Waals surface area contributed by atoms with Gasteiger partial charge in [0.05, 0.1) is 5.69 Å². The molecule has 1 aliphatic heterocycles. The summed E-state index contributed by atoms with van der Waals surface area (Å²) in [7, 11) is 0. The van der Waals surface area contributed by atoms with E-state index >= 15 is 0 Å². The Bertz CT molecular complexity index is 309. The first-order valence-corrected chi connectivity index (χ1v) is 4.23. The lowest BCUT2D eigenvalue weighted by Gasteiger charge is -2.01. The molecule has 0 amide bonds. The zero-order chi connectivity index (χ0) is 9.26. The molecular weight excluding hydrogens is 172 g/mol. The molecule has 1 N–H and O–H groups in total. The van der Waals surface area contributed by atoms with E-state index in [-0.39, 0.29) is 5.69 Å². The molecule has 5 heteroatoms. The minimum absolute atomic E-state index is 0.0527. The molecule has 0 bridgehead atoms. The molecule has 2 heterocycles. The Hall–Kier alpha value is -1.52. The molecular formula is C8H10N2O3. The number of hydrogen-bond donors (Lipinski definition) is 1. The van der Waals surface area contributed by atoms with Crippen LogP contribution in [0.5, 0.6) is 0 Å². The van der Waals surface area contributed by atoms with E-state index in [0.29, 0.717) is 6.61 Å². The van der Waals surface area contributed by atoms with E-state index in [4.69, 9.17) is 9.94 Å². The second-order valence-electron chi connectivity index (χ2n) is 2.99. The third-order valence-corrected chi connectivity index (χ3v) is 2.01. The number of fused-ring (bicyclic) bond motifs is 1. The van der Waals surface area contributed by atoms with Crippen LogP contribution in [0.3, 0.4) is 0 Å². The van der Waals surface area contributed by atoms with Gasteiger partial charge in [0.15, 0.2) is 5.69 Å². The number of carbonyl (C=O) groups is 1. The van der Waals surface area contributed by atoms with Gasteiger partial charge in [-0.05, 0) is 25.3 Å². The number of rotatable bonds is 1. The first-order chi connectivity index (χ1) is 6.27. The Morgan fingerprint density at radius 3 is 3.23 bits per heavy atom. The molecule has 1 aromatic heterocycles. The molecule has 0 atom stereocenters. The highest BCUT2D eigenvalue weighted by molar-refractivity contribution is 5.85. The van der Waals surface area contributed by atoms with E-state index in [9.17, 15) is 4.79 Å². The van der Waals surface area contributed by atoms with E-state index < -0.39 is 5.97 Å². The summed E-state index contributed by atoms with van der Waals surface area (Å²) < 4.78 is 0. The van der Waals surface area contributed by atoms with Gasteiger partial charge in [-0.1, -0.05) is 0 Å². The summed E-state index contributed by atoms with van der Waals surface area (Å²) in [6.45, 7) is 0.605. The van der Waals surface area contributed by atoms with Crippen LogP contribution in [0.25, 0.3) is 0 Å². The smallest absolute Gasteiger partial charge is 0.356 e. The third-order valence-electron chi connectivity index (χ3n) is 2.01. The number of nitrogens with zero attached hydrogens (tertiary/aromatic N) is 2. The van der Waals surface area contributed by atoms with Gasteiger partial charge in [-0.3, -0.25) is 0 Å². The van der Waals surface area contributed by atoms with Crippen molar-refractivity contribution in [3.63, 3.8) is 0 Å². The van der Waals surface area contributed by atoms with Crippen LogP contribution in [0.4, 0.5) is 0 Å². The predicted octanol–water partition coefficient (Wildman–Crippen LogP) is 0.346. The number of carboxylic acid groups (broad SMARTS) is 1. The fraction of sp³-hybridized carbons (Fsp3) is 0.500. The van der Waals surface area contributed by atoms with Crippen LogP contribution in [-0.2, 0) is 6.42 Å². The monoisotopic (exact) mass is 182 g/mol. The lowest BCUT2D eigenvalue weighted by molar-refractivity contribution is 0.0649. The van der Waals surface area contributed by atoms with Crippen molar-refractivity contribution in [3.05, 3.63) is 17.5 Å². The van der Waals surface area contributed by atoms with Gasteiger partial charge in [0.2, 0.25) is 0 Å². The molecule has 0 unspecified atom stereocenters. The van der Waals surface area contributed by atoms with Crippen molar-refractivity contribution in [1.82, 2.24) is 9.94 Å². The summed E-state index contributed by atoms with van der Waals surface area (Å²) in [6.07, 6.45) is 2.84. The molecule has 70 valence electrons. The topological polar surface area (TPSA) is 64.3 Å². The zero-order valence-corrected chi connectivity index (χ0v) is 7.06. The molecule has 0 saturated carbocycles. The highest BCUT2D eigenvalue weighted by Gasteiger charge is 2.15. The second kappa shape index (κ2) is 3.08. The van der Waals surface area contributed by atoms with Gasteiger partial charge in [0, 0.05) is 0 Å². The van der Waals surface area contributed by atoms with Gasteiger partial charge in [-0.25, -0.2) is 4.79 Å². The Balaban J connectivity index is 2.32. The van der Waals surface area contributed by atoms with Crippen LogP contribution >= 0.6 is 0 Å². The van der Waals surface area contributed by atoms with Crippen LogP contribution in [0.15, 0.2) is 6.07 Å². The van der Waals surface area contributed by atoms with Crippen molar-refractivity contribution in [3.8, 4) is 0 Å². The molecule has 0 saturated heterocycles. The molecule has 0 radical (unpaired) electrons. The van der Waals surface area contributed by atoms with Crippen molar-refractivity contribution >= 4 is 5.97 Å². The molecule has 0 fully saturated rings. The van der Waals surface area contributed by atoms with Gasteiger partial charge >= 0.3 is 5.97 Å². The van der Waals surface area contributed by atoms with Gasteiger partial charge in [0.1, 0.15) is 6.61 Å². The van der Waals surface area contributed by atoms with Gasteiger partial charge in [-0.2, -0.15) is 0 Å². The molecule has 0 spiro atoms. The maximum absolute atomic E-state index is 10.6. The zero-order valence-electron chi connectivity index (χ0n) is 7.06. The highest BCUT2D eigenvalue weighted by Crippen LogP contribution is 2.10. The minimum Gasteiger partial charge on any atom is -0.476 e. The molecule has 1 aromatic rings. The molecule has 0 aliphatic carbocycles. The van der Waals surface area contributed by atoms with Crippen molar-refractivity contribution in [2.45, 2.75) is 19.3 Å². The largest absolute Gasteiger partial charge is 0.476 e. The van der Waals surface area contributed by atoms with Crippen LogP contribution in [0.1, 0.15) is 29.0 Å². The van der Waals surface area contributed by atoms with E-state index in [1.807, 2.05) is 0 Å². The number of aryl methyl sites for hydroxylation is 1. The van der Waals surface area contributed by atoms with Crippen molar-refractivity contribution < 1.29 is 14.7 Å². The standard InChI is InChI=1S/C8H10N2O3/c11-8(12)7-5-6-3-1-2-4-13-10(6)9-7/h5H,1-4H2,(H,11,12). The number of aromatic carboxylic acids is 1. The molecule has 2 rings (SSSR count).